The average molecular weight is 247 g/mol. The van der Waals surface area contributed by atoms with Crippen LogP contribution in [0, 0.1) is 5.82 Å². The SMILES string of the molecule is CN(C)S(=O)(=O)Nc1nccc(C=O)c1F. The molecule has 0 amide bonds. The molecule has 1 rings (SSSR count). The third-order valence-electron chi connectivity index (χ3n) is 1.75. The Hall–Kier alpha value is -1.54. The van der Waals surface area contributed by atoms with Gasteiger partial charge in [-0.05, 0) is 6.07 Å². The summed E-state index contributed by atoms with van der Waals surface area (Å²) in [5.74, 6) is -1.50. The lowest BCUT2D eigenvalue weighted by Crippen LogP contribution is -2.29. The molecule has 0 bridgehead atoms. The smallest absolute Gasteiger partial charge is 0.298 e. The number of pyridine rings is 1. The zero-order valence-corrected chi connectivity index (χ0v) is 9.45. The van der Waals surface area contributed by atoms with Crippen LogP contribution in [0.3, 0.4) is 0 Å². The van der Waals surface area contributed by atoms with Crippen molar-refractivity contribution >= 4 is 22.3 Å². The zero-order chi connectivity index (χ0) is 12.3. The molecule has 0 atom stereocenters. The molecule has 1 aromatic rings. The highest BCUT2D eigenvalue weighted by molar-refractivity contribution is 7.90. The Kier molecular flexibility index (Phi) is 3.55. The van der Waals surface area contributed by atoms with E-state index >= 15 is 0 Å². The number of aromatic nitrogens is 1. The third kappa shape index (κ3) is 2.52. The van der Waals surface area contributed by atoms with Gasteiger partial charge in [0, 0.05) is 20.3 Å². The second-order valence-corrected chi connectivity index (χ2v) is 4.95. The topological polar surface area (TPSA) is 79.4 Å². The monoisotopic (exact) mass is 247 g/mol. The largest absolute Gasteiger partial charge is 0.302 e. The van der Waals surface area contributed by atoms with Crippen LogP contribution in [0.25, 0.3) is 0 Å². The number of carbonyl (C=O) groups is 1. The minimum absolute atomic E-state index is 0.258. The predicted molar refractivity (Wildman–Crippen MR) is 55.8 cm³/mol. The molecule has 0 saturated heterocycles. The maximum absolute atomic E-state index is 13.4. The van der Waals surface area contributed by atoms with Crippen LogP contribution in [-0.4, -0.2) is 38.1 Å². The fourth-order valence-corrected chi connectivity index (χ4v) is 1.40. The lowest BCUT2D eigenvalue weighted by Gasteiger charge is -2.13. The van der Waals surface area contributed by atoms with Gasteiger partial charge in [0.2, 0.25) is 0 Å². The maximum Gasteiger partial charge on any atom is 0.302 e. The Morgan fingerprint density at radius 2 is 2.12 bits per heavy atom. The Balaban J connectivity index is 3.13. The number of aldehydes is 1. The minimum atomic E-state index is -3.83. The molecule has 16 heavy (non-hydrogen) atoms. The number of anilines is 1. The summed E-state index contributed by atoms with van der Waals surface area (Å²) in [6, 6.07) is 1.15. The summed E-state index contributed by atoms with van der Waals surface area (Å²) in [7, 11) is -1.27. The predicted octanol–water partition coefficient (Wildman–Crippen LogP) is 0.251. The van der Waals surface area contributed by atoms with Gasteiger partial charge in [0.1, 0.15) is 0 Å². The molecular weight excluding hydrogens is 237 g/mol. The second kappa shape index (κ2) is 4.54. The minimum Gasteiger partial charge on any atom is -0.298 e. The van der Waals surface area contributed by atoms with Crippen molar-refractivity contribution in [1.82, 2.24) is 9.29 Å². The van der Waals surface area contributed by atoms with E-state index in [1.807, 2.05) is 4.72 Å². The van der Waals surface area contributed by atoms with E-state index in [9.17, 15) is 17.6 Å². The van der Waals surface area contributed by atoms with Crippen LogP contribution in [0.1, 0.15) is 10.4 Å². The van der Waals surface area contributed by atoms with E-state index in [-0.39, 0.29) is 11.8 Å². The molecule has 0 aliphatic carbocycles. The summed E-state index contributed by atoms with van der Waals surface area (Å²) < 4.78 is 38.9. The van der Waals surface area contributed by atoms with Crippen molar-refractivity contribution in [2.45, 2.75) is 0 Å². The van der Waals surface area contributed by atoms with Crippen LogP contribution < -0.4 is 4.72 Å². The van der Waals surface area contributed by atoms with Gasteiger partial charge in [-0.2, -0.15) is 12.7 Å². The molecule has 0 saturated carbocycles. The van der Waals surface area contributed by atoms with Gasteiger partial charge in [-0.25, -0.2) is 9.37 Å². The van der Waals surface area contributed by atoms with Gasteiger partial charge in [-0.3, -0.25) is 9.52 Å². The molecule has 0 aromatic carbocycles. The van der Waals surface area contributed by atoms with Crippen LogP contribution in [0.2, 0.25) is 0 Å². The molecule has 0 fully saturated rings. The molecule has 1 aromatic heterocycles. The van der Waals surface area contributed by atoms with Crippen molar-refractivity contribution in [2.24, 2.45) is 0 Å². The summed E-state index contributed by atoms with van der Waals surface area (Å²) in [6.07, 6.45) is 1.42. The summed E-state index contributed by atoms with van der Waals surface area (Å²) >= 11 is 0. The van der Waals surface area contributed by atoms with Crippen LogP contribution in [0.15, 0.2) is 12.3 Å². The molecule has 0 aliphatic rings. The molecule has 6 nitrogen and oxygen atoms in total. The number of hydrogen-bond donors (Lipinski definition) is 1. The number of hydrogen-bond acceptors (Lipinski definition) is 4. The Labute approximate surface area is 92.3 Å². The summed E-state index contributed by atoms with van der Waals surface area (Å²) in [6.45, 7) is 0. The summed E-state index contributed by atoms with van der Waals surface area (Å²) in [5, 5.41) is 0. The van der Waals surface area contributed by atoms with Crippen molar-refractivity contribution in [3.05, 3.63) is 23.6 Å². The van der Waals surface area contributed by atoms with Crippen LogP contribution in [0.5, 0.6) is 0 Å². The average Bonchev–Trinajstić information content (AvgIpc) is 2.20. The molecule has 0 aliphatic heterocycles. The third-order valence-corrected chi connectivity index (χ3v) is 3.17. The lowest BCUT2D eigenvalue weighted by molar-refractivity contribution is 0.111. The molecule has 1 N–H and O–H groups in total. The molecule has 0 radical (unpaired) electrons. The highest BCUT2D eigenvalue weighted by Gasteiger charge is 2.17. The fourth-order valence-electron chi connectivity index (χ4n) is 0.834. The molecule has 8 heteroatoms. The van der Waals surface area contributed by atoms with Gasteiger partial charge in [0.25, 0.3) is 0 Å². The molecule has 0 unspecified atom stereocenters. The van der Waals surface area contributed by atoms with Crippen LogP contribution in [-0.2, 0) is 10.2 Å². The Morgan fingerprint density at radius 3 is 2.62 bits per heavy atom. The number of carbonyl (C=O) groups excluding carboxylic acids is 1. The number of nitrogens with zero attached hydrogens (tertiary/aromatic N) is 2. The number of nitrogens with one attached hydrogen (secondary N) is 1. The van der Waals surface area contributed by atoms with Gasteiger partial charge < -0.3 is 0 Å². The standard InChI is InChI=1S/C8H10FN3O3S/c1-12(2)16(14,15)11-8-7(9)6(5-13)3-4-10-8/h3-5H,1-2H3,(H,10,11). The number of rotatable bonds is 4. The molecular formula is C8H10FN3O3S. The first-order valence-corrected chi connectivity index (χ1v) is 5.62. The van der Waals surface area contributed by atoms with Gasteiger partial charge in [0.05, 0.1) is 5.56 Å². The van der Waals surface area contributed by atoms with Gasteiger partial charge in [-0.1, -0.05) is 0 Å². The van der Waals surface area contributed by atoms with Gasteiger partial charge in [-0.15, -0.1) is 0 Å². The summed E-state index contributed by atoms with van der Waals surface area (Å²) in [4.78, 5) is 13.9. The lowest BCUT2D eigenvalue weighted by atomic mass is 10.3. The van der Waals surface area contributed by atoms with E-state index in [4.69, 9.17) is 0 Å². The highest BCUT2D eigenvalue weighted by atomic mass is 32.2. The van der Waals surface area contributed by atoms with E-state index in [1.54, 1.807) is 0 Å². The van der Waals surface area contributed by atoms with E-state index < -0.39 is 21.8 Å². The normalized spacial score (nSPS) is 11.5. The molecule has 88 valence electrons. The van der Waals surface area contributed by atoms with E-state index in [2.05, 4.69) is 4.98 Å². The van der Waals surface area contributed by atoms with Gasteiger partial charge in [0.15, 0.2) is 17.9 Å². The Bertz CT molecular complexity index is 501. The zero-order valence-electron chi connectivity index (χ0n) is 8.64. The molecule has 0 spiro atoms. The molecule has 1 heterocycles. The second-order valence-electron chi connectivity index (χ2n) is 3.07. The summed E-state index contributed by atoms with van der Waals surface area (Å²) in [5.41, 5.74) is -0.258. The first-order chi connectivity index (χ1) is 7.38. The van der Waals surface area contributed by atoms with E-state index in [1.165, 1.54) is 14.1 Å². The highest BCUT2D eigenvalue weighted by Crippen LogP contribution is 2.15. The Morgan fingerprint density at radius 1 is 1.50 bits per heavy atom. The maximum atomic E-state index is 13.4. The van der Waals surface area contributed by atoms with Crippen molar-refractivity contribution in [1.29, 1.82) is 0 Å². The fraction of sp³-hybridized carbons (Fsp3) is 0.250. The van der Waals surface area contributed by atoms with Crippen LogP contribution in [0.4, 0.5) is 10.2 Å². The van der Waals surface area contributed by atoms with Crippen molar-refractivity contribution < 1.29 is 17.6 Å². The first kappa shape index (κ1) is 12.5. The first-order valence-electron chi connectivity index (χ1n) is 4.18. The van der Waals surface area contributed by atoms with Crippen LogP contribution >= 0.6 is 0 Å². The van der Waals surface area contributed by atoms with E-state index in [0.29, 0.717) is 0 Å². The van der Waals surface area contributed by atoms with Crippen molar-refractivity contribution in [3.63, 3.8) is 0 Å². The quantitative estimate of drug-likeness (QED) is 0.773. The van der Waals surface area contributed by atoms with E-state index in [0.717, 1.165) is 16.6 Å². The van der Waals surface area contributed by atoms with Gasteiger partial charge >= 0.3 is 10.2 Å². The van der Waals surface area contributed by atoms with Crippen molar-refractivity contribution in [2.75, 3.05) is 18.8 Å². The van der Waals surface area contributed by atoms with Crippen molar-refractivity contribution in [3.8, 4) is 0 Å². The number of halogens is 1.